The minimum Gasteiger partial charge on any atom is -0.508 e. The lowest BCUT2D eigenvalue weighted by molar-refractivity contribution is 0.0249. The second kappa shape index (κ2) is 16.3. The Morgan fingerprint density at radius 1 is 0.764 bits per heavy atom. The van der Waals surface area contributed by atoms with E-state index in [1.807, 2.05) is 60.7 Å². The van der Waals surface area contributed by atoms with Crippen LogP contribution in [0.5, 0.6) is 23.0 Å². The highest BCUT2D eigenvalue weighted by molar-refractivity contribution is 6.17. The van der Waals surface area contributed by atoms with Gasteiger partial charge in [0.1, 0.15) is 47.9 Å². The molecule has 1 aliphatic rings. The van der Waals surface area contributed by atoms with E-state index < -0.39 is 23.9 Å². The Kier molecular flexibility index (Phi) is 10.8. The van der Waals surface area contributed by atoms with Crippen molar-refractivity contribution >= 4 is 17.7 Å². The summed E-state index contributed by atoms with van der Waals surface area (Å²) < 4.78 is 18.7. The largest absolute Gasteiger partial charge is 0.508 e. The molecule has 0 saturated heterocycles. The molecule has 0 bridgehead atoms. The van der Waals surface area contributed by atoms with Crippen LogP contribution in [0.15, 0.2) is 115 Å². The number of aromatic nitrogens is 4. The quantitative estimate of drug-likeness (QED) is 0.0911. The number of tetrazole rings is 1. The Morgan fingerprint density at radius 2 is 1.40 bits per heavy atom. The van der Waals surface area contributed by atoms with E-state index in [1.54, 1.807) is 19.2 Å². The van der Waals surface area contributed by atoms with Gasteiger partial charge in [-0.05, 0) is 78.1 Å². The number of carbonyl (C=O) groups excluding carboxylic acids is 3. The third-order valence-electron chi connectivity index (χ3n) is 9.18. The fraction of sp³-hybridized carbons (Fsp3) is 0.190. The third kappa shape index (κ3) is 8.46. The van der Waals surface area contributed by atoms with Crippen LogP contribution in [0.1, 0.15) is 67.0 Å². The standard InChI is InChI=1S/C42H37N5O8/c1-47-45-40(44-46-47)31-14-8-16-33(49)37(31)39(50)38-35(53-24-26-10-4-2-5-11-26)22-29(23-36(38)54-25-27-12-6-3-7-13-27)42(52)55-34-17-9-15-32(34)43-41(51)28-18-20-30(48)21-19-28/h2-8,10-14,16,18-23,32,34,48-49H,9,15,17,24-25H2,1H3,(H,43,51). The van der Waals surface area contributed by atoms with Crippen molar-refractivity contribution in [1.29, 1.82) is 0 Å². The first kappa shape index (κ1) is 36.3. The Hall–Kier alpha value is -7.02. The van der Waals surface area contributed by atoms with Crippen LogP contribution in [0.4, 0.5) is 0 Å². The highest BCUT2D eigenvalue weighted by Gasteiger charge is 2.34. The van der Waals surface area contributed by atoms with Gasteiger partial charge in [-0.15, -0.1) is 10.2 Å². The number of aromatic hydroxyl groups is 2. The molecular weight excluding hydrogens is 702 g/mol. The topological polar surface area (TPSA) is 175 Å². The van der Waals surface area contributed by atoms with Gasteiger partial charge in [0.05, 0.1) is 24.2 Å². The zero-order valence-electron chi connectivity index (χ0n) is 29.8. The van der Waals surface area contributed by atoms with Gasteiger partial charge in [0, 0.05) is 11.1 Å². The van der Waals surface area contributed by atoms with Gasteiger partial charge in [-0.2, -0.15) is 4.80 Å². The van der Waals surface area contributed by atoms with E-state index in [-0.39, 0.29) is 70.2 Å². The molecule has 5 aromatic carbocycles. The first-order chi connectivity index (χ1) is 26.7. The number of nitrogens with one attached hydrogen (secondary N) is 1. The van der Waals surface area contributed by atoms with Crippen LogP contribution in [-0.4, -0.2) is 60.2 Å². The second-order valence-corrected chi connectivity index (χ2v) is 13.0. The van der Waals surface area contributed by atoms with E-state index in [1.165, 1.54) is 47.3 Å². The van der Waals surface area contributed by atoms with Crippen molar-refractivity contribution in [2.75, 3.05) is 0 Å². The summed E-state index contributed by atoms with van der Waals surface area (Å²) in [7, 11) is 1.58. The number of benzene rings is 5. The number of phenols is 2. The van der Waals surface area contributed by atoms with E-state index in [2.05, 4.69) is 20.7 Å². The molecule has 13 nitrogen and oxygen atoms in total. The lowest BCUT2D eigenvalue weighted by Gasteiger charge is -2.22. The average Bonchev–Trinajstić information content (AvgIpc) is 3.84. The normalized spacial score (nSPS) is 14.9. The van der Waals surface area contributed by atoms with E-state index >= 15 is 0 Å². The maximum Gasteiger partial charge on any atom is 0.338 e. The molecule has 1 fully saturated rings. The molecule has 278 valence electrons. The average molecular weight is 740 g/mol. The lowest BCUT2D eigenvalue weighted by atomic mass is 9.94. The molecule has 13 heteroatoms. The summed E-state index contributed by atoms with van der Waals surface area (Å²) in [6.07, 6.45) is 1.19. The van der Waals surface area contributed by atoms with E-state index in [0.29, 0.717) is 24.8 Å². The number of aryl methyl sites for hydroxylation is 1. The van der Waals surface area contributed by atoms with Gasteiger partial charge in [-0.25, -0.2) is 4.79 Å². The van der Waals surface area contributed by atoms with Crippen molar-refractivity contribution in [1.82, 2.24) is 25.5 Å². The number of esters is 1. The fourth-order valence-corrected chi connectivity index (χ4v) is 6.41. The highest BCUT2D eigenvalue weighted by atomic mass is 16.5. The highest BCUT2D eigenvalue weighted by Crippen LogP contribution is 2.39. The van der Waals surface area contributed by atoms with Crippen molar-refractivity contribution in [2.24, 2.45) is 7.05 Å². The molecule has 1 saturated carbocycles. The number of hydrogen-bond acceptors (Lipinski definition) is 11. The number of phenolic OH excluding ortho intramolecular Hbond substituents is 2. The van der Waals surface area contributed by atoms with Crippen molar-refractivity contribution in [3.8, 4) is 34.4 Å². The number of rotatable bonds is 13. The molecule has 0 aliphatic heterocycles. The van der Waals surface area contributed by atoms with Gasteiger partial charge < -0.3 is 29.7 Å². The molecule has 0 spiro atoms. The zero-order valence-corrected chi connectivity index (χ0v) is 29.8. The van der Waals surface area contributed by atoms with Crippen molar-refractivity contribution in [2.45, 2.75) is 44.6 Å². The van der Waals surface area contributed by atoms with Crippen molar-refractivity contribution in [3.05, 3.63) is 149 Å². The van der Waals surface area contributed by atoms with E-state index in [0.717, 1.165) is 11.1 Å². The smallest absolute Gasteiger partial charge is 0.338 e. The van der Waals surface area contributed by atoms with Crippen LogP contribution in [-0.2, 0) is 25.0 Å². The predicted molar refractivity (Wildman–Crippen MR) is 200 cm³/mol. The van der Waals surface area contributed by atoms with Gasteiger partial charge in [-0.3, -0.25) is 9.59 Å². The summed E-state index contributed by atoms with van der Waals surface area (Å²) in [5.41, 5.74) is 2.07. The molecule has 1 amide bonds. The molecule has 1 heterocycles. The predicted octanol–water partition coefficient (Wildman–Crippen LogP) is 6.19. The summed E-state index contributed by atoms with van der Waals surface area (Å²) in [6.45, 7) is 0.0656. The van der Waals surface area contributed by atoms with E-state index in [4.69, 9.17) is 14.2 Å². The van der Waals surface area contributed by atoms with Crippen molar-refractivity contribution in [3.63, 3.8) is 0 Å². The maximum atomic E-state index is 14.8. The Morgan fingerprint density at radius 3 is 2.00 bits per heavy atom. The summed E-state index contributed by atoms with van der Waals surface area (Å²) in [6, 6.07) is 31.4. The number of hydrogen-bond donors (Lipinski definition) is 3. The third-order valence-corrected chi connectivity index (χ3v) is 9.18. The second-order valence-electron chi connectivity index (χ2n) is 13.0. The van der Waals surface area contributed by atoms with Crippen LogP contribution in [0, 0.1) is 0 Å². The molecular formula is C42H37N5O8. The number of nitrogens with zero attached hydrogens (tertiary/aromatic N) is 4. The van der Waals surface area contributed by atoms with Crippen LogP contribution >= 0.6 is 0 Å². The summed E-state index contributed by atoms with van der Waals surface area (Å²) >= 11 is 0. The SMILES string of the molecule is Cn1nnc(-c2cccc(O)c2C(=O)c2c(OCc3ccccc3)cc(C(=O)OC3CCCC3NC(=O)c3ccc(O)cc3)cc2OCc2ccccc2)n1. The Labute approximate surface area is 316 Å². The molecule has 0 radical (unpaired) electrons. The minimum absolute atomic E-state index is 0.0104. The minimum atomic E-state index is -0.712. The van der Waals surface area contributed by atoms with Gasteiger partial charge in [0.2, 0.25) is 11.6 Å². The number of amides is 1. The van der Waals surface area contributed by atoms with Crippen LogP contribution in [0.2, 0.25) is 0 Å². The van der Waals surface area contributed by atoms with Gasteiger partial charge in [0.15, 0.2) is 0 Å². The Balaban J connectivity index is 1.27. The Bertz CT molecular complexity index is 2250. The summed E-state index contributed by atoms with van der Waals surface area (Å²) in [5, 5.41) is 36.0. The van der Waals surface area contributed by atoms with E-state index in [9.17, 15) is 24.6 Å². The van der Waals surface area contributed by atoms with Gasteiger partial charge in [-0.1, -0.05) is 72.8 Å². The first-order valence-corrected chi connectivity index (χ1v) is 17.7. The molecule has 2 unspecified atom stereocenters. The zero-order chi connectivity index (χ0) is 38.3. The number of ketones is 1. The van der Waals surface area contributed by atoms with Crippen LogP contribution < -0.4 is 14.8 Å². The molecule has 55 heavy (non-hydrogen) atoms. The van der Waals surface area contributed by atoms with Crippen molar-refractivity contribution < 1.29 is 38.8 Å². The van der Waals surface area contributed by atoms with Gasteiger partial charge in [0.25, 0.3) is 5.91 Å². The number of ether oxygens (including phenoxy) is 3. The lowest BCUT2D eigenvalue weighted by Crippen LogP contribution is -2.42. The molecule has 1 aromatic heterocycles. The monoisotopic (exact) mass is 739 g/mol. The van der Waals surface area contributed by atoms with Gasteiger partial charge >= 0.3 is 5.97 Å². The van der Waals surface area contributed by atoms with Crippen LogP contribution in [0.25, 0.3) is 11.4 Å². The molecule has 3 N–H and O–H groups in total. The number of carbonyl (C=O) groups is 3. The molecule has 7 rings (SSSR count). The summed E-state index contributed by atoms with van der Waals surface area (Å²) in [5.74, 6) is -1.89. The van der Waals surface area contributed by atoms with Crippen LogP contribution in [0.3, 0.4) is 0 Å². The molecule has 6 aromatic rings. The fourth-order valence-electron chi connectivity index (χ4n) is 6.41. The first-order valence-electron chi connectivity index (χ1n) is 17.7. The summed E-state index contributed by atoms with van der Waals surface area (Å²) in [4.78, 5) is 43.1. The molecule has 2 atom stereocenters. The maximum absolute atomic E-state index is 14.8. The molecule has 1 aliphatic carbocycles.